The van der Waals surface area contributed by atoms with Gasteiger partial charge in [-0.25, -0.2) is 0 Å². The van der Waals surface area contributed by atoms with Crippen LogP contribution in [0, 0.1) is 5.92 Å². The van der Waals surface area contributed by atoms with Crippen molar-refractivity contribution in [2.45, 2.75) is 44.2 Å². The van der Waals surface area contributed by atoms with E-state index in [-0.39, 0.29) is 23.4 Å². The number of carbonyl (C=O) groups is 1. The largest absolute Gasteiger partial charge is 0.340 e. The summed E-state index contributed by atoms with van der Waals surface area (Å²) in [5, 5.41) is 3.39. The van der Waals surface area contributed by atoms with Crippen LogP contribution in [0.25, 0.3) is 11.3 Å². The maximum absolute atomic E-state index is 13.0. The third-order valence-corrected chi connectivity index (χ3v) is 6.44. The average molecular weight is 378 g/mol. The molecule has 0 unspecified atom stereocenters. The molecule has 3 atom stereocenters. The number of nitrogens with zero attached hydrogens (tertiary/aromatic N) is 3. The Kier molecular flexibility index (Phi) is 4.51. The molecule has 2 fully saturated rings. The maximum atomic E-state index is 13.0. The molecule has 6 nitrogen and oxygen atoms in total. The summed E-state index contributed by atoms with van der Waals surface area (Å²) in [5.74, 6) is 0.819. The second kappa shape index (κ2) is 7.17. The molecule has 2 saturated heterocycles. The molecule has 0 saturated carbocycles. The zero-order chi connectivity index (χ0) is 19.1. The fourth-order valence-corrected chi connectivity index (χ4v) is 5.10. The van der Waals surface area contributed by atoms with Gasteiger partial charge in [0, 0.05) is 49.1 Å². The molecular weight excluding hydrogens is 352 g/mol. The summed E-state index contributed by atoms with van der Waals surface area (Å²) in [6, 6.07) is 9.52. The molecule has 0 radical (unpaired) electrons. The highest BCUT2D eigenvalue weighted by Crippen LogP contribution is 2.36. The number of fused-ring (bicyclic) bond motifs is 4. The molecule has 6 heteroatoms. The molecule has 3 aliphatic heterocycles. The maximum Gasteiger partial charge on any atom is 0.251 e. The summed E-state index contributed by atoms with van der Waals surface area (Å²) in [4.78, 5) is 32.3. The van der Waals surface area contributed by atoms with Crippen LogP contribution in [0.1, 0.15) is 37.3 Å². The standard InChI is InChI=1S/C22H26N4O2/c27-21-11-16(18-5-1-3-7-23-18)10-20-17-9-15(13-26(20)21)12-25(14-17)22(28)19-6-2-4-8-24-19/h1,3,5,7,10-11,15,17,19,24H,2,4,6,8-9,12-14H2/t15-,17+,19+/m0/s1. The molecule has 0 aromatic carbocycles. The number of nitrogens with one attached hydrogen (secondary N) is 1. The molecule has 28 heavy (non-hydrogen) atoms. The summed E-state index contributed by atoms with van der Waals surface area (Å²) in [6.45, 7) is 3.11. The van der Waals surface area contributed by atoms with Crippen LogP contribution < -0.4 is 10.9 Å². The zero-order valence-electron chi connectivity index (χ0n) is 16.0. The van der Waals surface area contributed by atoms with Crippen molar-refractivity contribution < 1.29 is 4.79 Å². The highest BCUT2D eigenvalue weighted by molar-refractivity contribution is 5.82. The summed E-state index contributed by atoms with van der Waals surface area (Å²) >= 11 is 0. The SMILES string of the molecule is O=C([C@H]1CCCCN1)N1C[C@@H]2C[C@H](C1)c1cc(-c3ccccn3)cc(=O)n1C2. The number of hydrogen-bond acceptors (Lipinski definition) is 4. The second-order valence-electron chi connectivity index (χ2n) is 8.38. The topological polar surface area (TPSA) is 67.2 Å². The van der Waals surface area contributed by atoms with Crippen molar-refractivity contribution in [1.29, 1.82) is 0 Å². The van der Waals surface area contributed by atoms with Crippen LogP contribution >= 0.6 is 0 Å². The van der Waals surface area contributed by atoms with Gasteiger partial charge in [0.2, 0.25) is 5.91 Å². The van der Waals surface area contributed by atoms with Crippen molar-refractivity contribution in [3.05, 3.63) is 52.6 Å². The Morgan fingerprint density at radius 2 is 2.07 bits per heavy atom. The van der Waals surface area contributed by atoms with Crippen LogP contribution in [-0.4, -0.2) is 46.0 Å². The van der Waals surface area contributed by atoms with Crippen LogP contribution in [0.5, 0.6) is 0 Å². The van der Waals surface area contributed by atoms with Crippen molar-refractivity contribution in [1.82, 2.24) is 19.8 Å². The Morgan fingerprint density at radius 1 is 1.14 bits per heavy atom. The van der Waals surface area contributed by atoms with Crippen LogP contribution in [0.2, 0.25) is 0 Å². The van der Waals surface area contributed by atoms with Crippen LogP contribution in [0.4, 0.5) is 0 Å². The molecule has 0 aliphatic carbocycles. The molecule has 1 N–H and O–H groups in total. The fourth-order valence-electron chi connectivity index (χ4n) is 5.10. The molecule has 5 rings (SSSR count). The van der Waals surface area contributed by atoms with Crippen molar-refractivity contribution in [2.24, 2.45) is 5.92 Å². The van der Waals surface area contributed by atoms with Crippen LogP contribution in [0.15, 0.2) is 41.3 Å². The molecule has 0 spiro atoms. The number of piperidine rings is 2. The van der Waals surface area contributed by atoms with Gasteiger partial charge >= 0.3 is 0 Å². The van der Waals surface area contributed by atoms with Gasteiger partial charge in [0.15, 0.2) is 0 Å². The van der Waals surface area contributed by atoms with E-state index < -0.39 is 0 Å². The molecule has 2 bridgehead atoms. The van der Waals surface area contributed by atoms with E-state index in [0.717, 1.165) is 55.7 Å². The number of pyridine rings is 2. The molecule has 2 aromatic rings. The van der Waals surface area contributed by atoms with Crippen molar-refractivity contribution in [2.75, 3.05) is 19.6 Å². The van der Waals surface area contributed by atoms with Crippen molar-refractivity contribution in [3.63, 3.8) is 0 Å². The van der Waals surface area contributed by atoms with Crippen LogP contribution in [-0.2, 0) is 11.3 Å². The van der Waals surface area contributed by atoms with Crippen LogP contribution in [0.3, 0.4) is 0 Å². The molecule has 146 valence electrons. The highest BCUT2D eigenvalue weighted by atomic mass is 16.2. The lowest BCUT2D eigenvalue weighted by atomic mass is 9.82. The van der Waals surface area contributed by atoms with E-state index in [1.54, 1.807) is 12.3 Å². The average Bonchev–Trinajstić information content (AvgIpc) is 2.75. The van der Waals surface area contributed by atoms with Gasteiger partial charge in [-0.2, -0.15) is 0 Å². The molecule has 3 aliphatic rings. The van der Waals surface area contributed by atoms with Gasteiger partial charge in [0.1, 0.15) is 0 Å². The number of amides is 1. The number of carbonyl (C=O) groups excluding carboxylic acids is 1. The van der Waals surface area contributed by atoms with E-state index in [2.05, 4.69) is 16.4 Å². The number of hydrogen-bond donors (Lipinski definition) is 1. The monoisotopic (exact) mass is 378 g/mol. The third-order valence-electron chi connectivity index (χ3n) is 6.44. The fraction of sp³-hybridized carbons (Fsp3) is 0.500. The first-order valence-corrected chi connectivity index (χ1v) is 10.4. The first kappa shape index (κ1) is 17.6. The van der Waals surface area contributed by atoms with E-state index in [4.69, 9.17) is 0 Å². The van der Waals surface area contributed by atoms with Gasteiger partial charge < -0.3 is 14.8 Å². The van der Waals surface area contributed by atoms with Crippen molar-refractivity contribution >= 4 is 5.91 Å². The third kappa shape index (κ3) is 3.15. The Labute approximate surface area is 164 Å². The van der Waals surface area contributed by atoms with E-state index in [1.807, 2.05) is 27.7 Å². The van der Waals surface area contributed by atoms with Crippen molar-refractivity contribution in [3.8, 4) is 11.3 Å². The summed E-state index contributed by atoms with van der Waals surface area (Å²) < 4.78 is 1.92. The van der Waals surface area contributed by atoms with Gasteiger partial charge in [0.05, 0.1) is 11.7 Å². The van der Waals surface area contributed by atoms with E-state index >= 15 is 0 Å². The molecule has 2 aromatic heterocycles. The predicted molar refractivity (Wildman–Crippen MR) is 107 cm³/mol. The summed E-state index contributed by atoms with van der Waals surface area (Å²) in [7, 11) is 0. The lowest BCUT2D eigenvalue weighted by molar-refractivity contribution is -0.136. The second-order valence-corrected chi connectivity index (χ2v) is 8.38. The lowest BCUT2D eigenvalue weighted by Gasteiger charge is -2.44. The summed E-state index contributed by atoms with van der Waals surface area (Å²) in [6.07, 6.45) is 6.01. The Hall–Kier alpha value is -2.47. The normalized spacial score (nSPS) is 26.6. The smallest absolute Gasteiger partial charge is 0.251 e. The van der Waals surface area contributed by atoms with Gasteiger partial charge in [-0.1, -0.05) is 12.5 Å². The van der Waals surface area contributed by atoms with Gasteiger partial charge in [-0.05, 0) is 49.9 Å². The minimum absolute atomic E-state index is 0.0328. The molecule has 1 amide bonds. The first-order chi connectivity index (χ1) is 13.7. The minimum Gasteiger partial charge on any atom is -0.340 e. The Morgan fingerprint density at radius 3 is 2.86 bits per heavy atom. The van der Waals surface area contributed by atoms with E-state index in [9.17, 15) is 9.59 Å². The molecule has 5 heterocycles. The van der Waals surface area contributed by atoms with Gasteiger partial charge in [-0.3, -0.25) is 14.6 Å². The number of aromatic nitrogens is 2. The van der Waals surface area contributed by atoms with E-state index in [0.29, 0.717) is 19.0 Å². The first-order valence-electron chi connectivity index (χ1n) is 10.4. The summed E-state index contributed by atoms with van der Waals surface area (Å²) in [5.41, 5.74) is 2.79. The van der Waals surface area contributed by atoms with Gasteiger partial charge in [0.25, 0.3) is 5.56 Å². The molecular formula is C22H26N4O2. The lowest BCUT2D eigenvalue weighted by Crippen LogP contribution is -2.55. The highest BCUT2D eigenvalue weighted by Gasteiger charge is 2.38. The Bertz CT molecular complexity index is 933. The zero-order valence-corrected chi connectivity index (χ0v) is 16.0. The Balaban J connectivity index is 1.44. The predicted octanol–water partition coefficient (Wildman–Crippen LogP) is 2.00. The quantitative estimate of drug-likeness (QED) is 0.868. The van der Waals surface area contributed by atoms with E-state index in [1.165, 1.54) is 0 Å². The number of rotatable bonds is 2. The minimum atomic E-state index is -0.0328. The van der Waals surface area contributed by atoms with Gasteiger partial charge in [-0.15, -0.1) is 0 Å². The number of likely N-dealkylation sites (tertiary alicyclic amines) is 1.